The van der Waals surface area contributed by atoms with Crippen molar-refractivity contribution in [1.82, 2.24) is 5.32 Å². The fourth-order valence-corrected chi connectivity index (χ4v) is 7.44. The van der Waals surface area contributed by atoms with Crippen LogP contribution in [0, 0.1) is 17.3 Å². The molecule has 4 fully saturated rings. The predicted molar refractivity (Wildman–Crippen MR) is 105 cm³/mol. The van der Waals surface area contributed by atoms with Crippen LogP contribution in [-0.2, 0) is 11.2 Å². The molecule has 0 spiro atoms. The molecule has 0 radical (unpaired) electrons. The lowest BCUT2D eigenvalue weighted by molar-refractivity contribution is -0.144. The summed E-state index contributed by atoms with van der Waals surface area (Å²) in [5.41, 5.74) is 0.682. The maximum atomic E-state index is 13.1. The van der Waals surface area contributed by atoms with Crippen LogP contribution in [0.15, 0.2) is 18.2 Å². The van der Waals surface area contributed by atoms with E-state index in [1.165, 1.54) is 32.4 Å². The minimum absolute atomic E-state index is 0.0153. The highest BCUT2D eigenvalue weighted by Crippen LogP contribution is 2.64. The molecule has 154 valence electrons. The van der Waals surface area contributed by atoms with Crippen LogP contribution in [0.4, 0.5) is 8.78 Å². The molecule has 28 heavy (non-hydrogen) atoms. The normalized spacial score (nSPS) is 33.2. The van der Waals surface area contributed by atoms with E-state index in [1.54, 1.807) is 12.1 Å². The molecule has 4 nitrogen and oxygen atoms in total. The van der Waals surface area contributed by atoms with Gasteiger partial charge in [0.05, 0.1) is 12.5 Å². The highest BCUT2D eigenvalue weighted by Gasteiger charge is 2.59. The number of amides is 1. The third-order valence-electron chi connectivity index (χ3n) is 6.61. The first-order chi connectivity index (χ1) is 13.3. The number of methoxy groups -OCH3 is 1. The van der Waals surface area contributed by atoms with Crippen LogP contribution in [0.3, 0.4) is 0 Å². The highest BCUT2D eigenvalue weighted by atomic mass is 79.9. The second kappa shape index (κ2) is 7.47. The van der Waals surface area contributed by atoms with Gasteiger partial charge in [0.1, 0.15) is 0 Å². The molecular formula is C21H26BrF2NO3. The number of benzene rings is 1. The van der Waals surface area contributed by atoms with Crippen LogP contribution >= 0.6 is 15.9 Å². The van der Waals surface area contributed by atoms with Gasteiger partial charge in [0.25, 0.3) is 0 Å². The summed E-state index contributed by atoms with van der Waals surface area (Å²) in [5.74, 6) is 1.79. The number of alkyl halides is 3. The van der Waals surface area contributed by atoms with Crippen molar-refractivity contribution < 1.29 is 23.0 Å². The van der Waals surface area contributed by atoms with Gasteiger partial charge in [0.15, 0.2) is 11.5 Å². The minimum Gasteiger partial charge on any atom is -0.493 e. The van der Waals surface area contributed by atoms with Gasteiger partial charge >= 0.3 is 6.61 Å². The molecule has 2 unspecified atom stereocenters. The van der Waals surface area contributed by atoms with Crippen LogP contribution in [0.2, 0.25) is 0 Å². The molecule has 0 saturated heterocycles. The van der Waals surface area contributed by atoms with Crippen molar-refractivity contribution in [2.24, 2.45) is 17.3 Å². The zero-order valence-electron chi connectivity index (χ0n) is 16.0. The van der Waals surface area contributed by atoms with Gasteiger partial charge in [-0.3, -0.25) is 4.79 Å². The summed E-state index contributed by atoms with van der Waals surface area (Å²) in [6, 6.07) is 4.89. The van der Waals surface area contributed by atoms with Crippen LogP contribution in [0.1, 0.15) is 44.1 Å². The summed E-state index contributed by atoms with van der Waals surface area (Å²) in [5, 5.41) is 3.14. The minimum atomic E-state index is -2.89. The Hall–Kier alpha value is -1.37. The lowest BCUT2D eigenvalue weighted by atomic mass is 9.49. The van der Waals surface area contributed by atoms with Gasteiger partial charge in [0.2, 0.25) is 5.91 Å². The summed E-state index contributed by atoms with van der Waals surface area (Å²) < 4.78 is 34.6. The van der Waals surface area contributed by atoms with Gasteiger partial charge in [-0.2, -0.15) is 8.78 Å². The monoisotopic (exact) mass is 457 g/mol. The molecule has 4 aliphatic carbocycles. The zero-order chi connectivity index (χ0) is 19.9. The Bertz CT molecular complexity index is 743. The fourth-order valence-electron chi connectivity index (χ4n) is 5.99. The number of ether oxygens (including phenoxy) is 2. The number of nitrogens with one attached hydrogen (secondary N) is 1. The average molecular weight is 458 g/mol. The first-order valence-corrected chi connectivity index (χ1v) is 10.7. The highest BCUT2D eigenvalue weighted by molar-refractivity contribution is 9.10. The molecule has 4 aliphatic rings. The molecule has 4 saturated carbocycles. The Kier molecular flexibility index (Phi) is 5.31. The van der Waals surface area contributed by atoms with Crippen LogP contribution in [0.5, 0.6) is 11.5 Å². The number of hydrogen-bond acceptors (Lipinski definition) is 3. The van der Waals surface area contributed by atoms with Crippen molar-refractivity contribution >= 4 is 21.8 Å². The first-order valence-electron chi connectivity index (χ1n) is 9.90. The van der Waals surface area contributed by atoms with Crippen LogP contribution in [-0.4, -0.2) is 30.5 Å². The molecule has 4 bridgehead atoms. The van der Waals surface area contributed by atoms with E-state index in [9.17, 15) is 13.6 Å². The van der Waals surface area contributed by atoms with E-state index in [0.29, 0.717) is 24.8 Å². The molecule has 0 aliphatic heterocycles. The van der Waals surface area contributed by atoms with Gasteiger partial charge < -0.3 is 14.8 Å². The Morgan fingerprint density at radius 1 is 1.25 bits per heavy atom. The van der Waals surface area contributed by atoms with Gasteiger partial charge in [-0.25, -0.2) is 0 Å². The quantitative estimate of drug-likeness (QED) is 0.604. The predicted octanol–water partition coefficient (Wildman–Crippen LogP) is 4.69. The second-order valence-electron chi connectivity index (χ2n) is 8.76. The van der Waals surface area contributed by atoms with Gasteiger partial charge in [-0.05, 0) is 74.5 Å². The van der Waals surface area contributed by atoms with E-state index in [2.05, 4.69) is 26.0 Å². The van der Waals surface area contributed by atoms with Crippen molar-refractivity contribution in [1.29, 1.82) is 0 Å². The third kappa shape index (κ3) is 3.87. The third-order valence-corrected chi connectivity index (χ3v) is 7.54. The largest absolute Gasteiger partial charge is 0.493 e. The van der Waals surface area contributed by atoms with E-state index in [-0.39, 0.29) is 27.1 Å². The molecule has 1 amide bonds. The molecule has 1 N–H and O–H groups in total. The SMILES string of the molecule is COc1cc(CCNC(=O)C23CC4CC(CC(Br)(C4)C2)C3)ccc1OC(F)F. The molecule has 0 aromatic heterocycles. The molecular weight excluding hydrogens is 432 g/mol. The molecule has 1 aromatic rings. The summed E-state index contributed by atoms with van der Waals surface area (Å²) in [4.78, 5) is 13.1. The summed E-state index contributed by atoms with van der Waals surface area (Å²) in [6.07, 6.45) is 7.24. The number of rotatable bonds is 7. The van der Waals surface area contributed by atoms with E-state index in [0.717, 1.165) is 24.8 Å². The number of carbonyl (C=O) groups is 1. The Labute approximate surface area is 172 Å². The standard InChI is InChI=1S/C21H26BrF2NO3/c1-27-17-7-13(2-3-16(17)28-19(23)24)4-5-25-18(26)20-8-14-6-15(9-20)11-21(22,10-14)12-20/h2-3,7,14-15,19H,4-6,8-12H2,1H3,(H,25,26). The van der Waals surface area contributed by atoms with Crippen LogP contribution in [0.25, 0.3) is 0 Å². The smallest absolute Gasteiger partial charge is 0.387 e. The van der Waals surface area contributed by atoms with Crippen molar-refractivity contribution in [3.63, 3.8) is 0 Å². The summed E-state index contributed by atoms with van der Waals surface area (Å²) in [6.45, 7) is -2.37. The summed E-state index contributed by atoms with van der Waals surface area (Å²) >= 11 is 3.95. The lowest BCUT2D eigenvalue weighted by Gasteiger charge is -2.59. The van der Waals surface area contributed by atoms with Gasteiger partial charge in [0, 0.05) is 10.9 Å². The number of halogens is 3. The van der Waals surface area contributed by atoms with Gasteiger partial charge in [-0.15, -0.1) is 0 Å². The molecule has 0 heterocycles. The maximum absolute atomic E-state index is 13.1. The number of hydrogen-bond donors (Lipinski definition) is 1. The average Bonchev–Trinajstić information content (AvgIpc) is 2.60. The maximum Gasteiger partial charge on any atom is 0.387 e. The topological polar surface area (TPSA) is 47.6 Å². The Morgan fingerprint density at radius 2 is 1.96 bits per heavy atom. The van der Waals surface area contributed by atoms with Crippen LogP contribution < -0.4 is 14.8 Å². The first kappa shape index (κ1) is 19.9. The van der Waals surface area contributed by atoms with Gasteiger partial charge in [-0.1, -0.05) is 22.0 Å². The van der Waals surface area contributed by atoms with Crippen molar-refractivity contribution in [2.75, 3.05) is 13.7 Å². The fraction of sp³-hybridized carbons (Fsp3) is 0.667. The van der Waals surface area contributed by atoms with E-state index >= 15 is 0 Å². The molecule has 2 atom stereocenters. The summed E-state index contributed by atoms with van der Waals surface area (Å²) in [7, 11) is 1.42. The van der Waals surface area contributed by atoms with E-state index in [4.69, 9.17) is 4.74 Å². The van der Waals surface area contributed by atoms with Crippen molar-refractivity contribution in [3.8, 4) is 11.5 Å². The Morgan fingerprint density at radius 3 is 2.57 bits per heavy atom. The number of carbonyl (C=O) groups excluding carboxylic acids is 1. The Balaban J connectivity index is 1.36. The molecule has 5 rings (SSSR count). The zero-order valence-corrected chi connectivity index (χ0v) is 17.6. The van der Waals surface area contributed by atoms with E-state index < -0.39 is 6.61 Å². The second-order valence-corrected chi connectivity index (χ2v) is 10.4. The van der Waals surface area contributed by atoms with Crippen molar-refractivity contribution in [2.45, 2.75) is 55.9 Å². The molecule has 7 heteroatoms. The lowest BCUT2D eigenvalue weighted by Crippen LogP contribution is -2.58. The van der Waals surface area contributed by atoms with E-state index in [1.807, 2.05) is 0 Å². The molecule has 1 aromatic carbocycles. The van der Waals surface area contributed by atoms with Crippen molar-refractivity contribution in [3.05, 3.63) is 23.8 Å².